The third-order valence-corrected chi connectivity index (χ3v) is 3.31. The Morgan fingerprint density at radius 1 is 1.71 bits per heavy atom. The number of nitrogens with one attached hydrogen (secondary N) is 1. The molecule has 0 aliphatic carbocycles. The molecule has 3 N–H and O–H groups in total. The van der Waals surface area contributed by atoms with Crippen molar-refractivity contribution in [1.82, 2.24) is 10.3 Å². The molecule has 0 radical (unpaired) electrons. The van der Waals surface area contributed by atoms with Crippen molar-refractivity contribution in [2.24, 2.45) is 5.73 Å². The number of alkyl carbamates (subject to hydrolysis) is 1. The lowest BCUT2D eigenvalue weighted by atomic mass is 10.2. The topological polar surface area (TPSA) is 77.2 Å². The van der Waals surface area contributed by atoms with Gasteiger partial charge in [-0.3, -0.25) is 0 Å². The number of thiazole rings is 1. The molecule has 1 rings (SSSR count). The van der Waals surface area contributed by atoms with E-state index in [0.717, 1.165) is 8.79 Å². The summed E-state index contributed by atoms with van der Waals surface area (Å²) in [4.78, 5) is 15.7. The fraction of sp³-hybridized carbons (Fsp3) is 0.600. The first-order valence-corrected chi connectivity index (χ1v) is 6.73. The van der Waals surface area contributed by atoms with Crippen LogP contribution in [0.5, 0.6) is 0 Å². The average Bonchev–Trinajstić information content (AvgIpc) is 2.58. The van der Waals surface area contributed by atoms with E-state index in [4.69, 9.17) is 10.5 Å². The van der Waals surface area contributed by atoms with Crippen LogP contribution >= 0.6 is 27.3 Å². The van der Waals surface area contributed by atoms with Crippen molar-refractivity contribution in [2.45, 2.75) is 32.4 Å². The number of nitrogens with zero attached hydrogens (tertiary/aromatic N) is 1. The number of carbonyl (C=O) groups is 1. The second kappa shape index (κ2) is 5.79. The third-order valence-electron chi connectivity index (χ3n) is 1.72. The van der Waals surface area contributed by atoms with Gasteiger partial charge in [-0.15, -0.1) is 11.3 Å². The monoisotopic (exact) mass is 321 g/mol. The van der Waals surface area contributed by atoms with Gasteiger partial charge in [0.15, 0.2) is 0 Å². The molecule has 96 valence electrons. The lowest BCUT2D eigenvalue weighted by Crippen LogP contribution is -2.37. The largest absolute Gasteiger partial charge is 0.444 e. The molecule has 0 aliphatic heterocycles. The van der Waals surface area contributed by atoms with Crippen LogP contribution < -0.4 is 11.1 Å². The van der Waals surface area contributed by atoms with Crippen LogP contribution in [0.4, 0.5) is 4.79 Å². The molecule has 0 saturated carbocycles. The molecule has 1 atom stereocenters. The highest BCUT2D eigenvalue weighted by molar-refractivity contribution is 9.11. The number of hydrogen-bond acceptors (Lipinski definition) is 5. The number of carbonyl (C=O) groups excluding carboxylic acids is 1. The van der Waals surface area contributed by atoms with Crippen LogP contribution in [0, 0.1) is 0 Å². The highest BCUT2D eigenvalue weighted by atomic mass is 79.9. The first-order chi connectivity index (χ1) is 7.81. The lowest BCUT2D eigenvalue weighted by molar-refractivity contribution is 0.0505. The van der Waals surface area contributed by atoms with E-state index in [9.17, 15) is 4.79 Å². The SMILES string of the molecule is CC(C)(C)OC(=O)NC(CN)c1ncc(Br)s1. The molecule has 1 unspecified atom stereocenters. The van der Waals surface area contributed by atoms with E-state index in [1.807, 2.05) is 20.8 Å². The number of nitrogens with two attached hydrogens (primary N) is 1. The van der Waals surface area contributed by atoms with Gasteiger partial charge in [0.25, 0.3) is 0 Å². The summed E-state index contributed by atoms with van der Waals surface area (Å²) >= 11 is 4.75. The molecular formula is C10H16BrN3O2S. The first-order valence-electron chi connectivity index (χ1n) is 5.12. The maximum Gasteiger partial charge on any atom is 0.408 e. The van der Waals surface area contributed by atoms with Crippen molar-refractivity contribution in [3.05, 3.63) is 15.0 Å². The Labute approximate surface area is 113 Å². The standard InChI is InChI=1S/C10H16BrN3O2S/c1-10(2,3)16-9(15)14-6(4-12)8-13-5-7(11)17-8/h5-6H,4,12H2,1-3H3,(H,14,15). The molecule has 1 heterocycles. The summed E-state index contributed by atoms with van der Waals surface area (Å²) < 4.78 is 6.06. The van der Waals surface area contributed by atoms with Gasteiger partial charge in [-0.2, -0.15) is 0 Å². The van der Waals surface area contributed by atoms with Crippen molar-refractivity contribution in [3.8, 4) is 0 Å². The molecule has 0 aliphatic rings. The van der Waals surface area contributed by atoms with E-state index in [-0.39, 0.29) is 12.6 Å². The predicted molar refractivity (Wildman–Crippen MR) is 71.0 cm³/mol. The van der Waals surface area contributed by atoms with Gasteiger partial charge in [-0.1, -0.05) is 0 Å². The molecule has 5 nitrogen and oxygen atoms in total. The molecule has 0 saturated heterocycles. The Morgan fingerprint density at radius 3 is 2.76 bits per heavy atom. The molecule has 1 amide bonds. The average molecular weight is 322 g/mol. The number of rotatable bonds is 3. The molecule has 0 spiro atoms. The van der Waals surface area contributed by atoms with Gasteiger partial charge in [0, 0.05) is 6.54 Å². The summed E-state index contributed by atoms with van der Waals surface area (Å²) in [5.74, 6) is 0. The van der Waals surface area contributed by atoms with Crippen LogP contribution in [0.15, 0.2) is 9.98 Å². The zero-order valence-corrected chi connectivity index (χ0v) is 12.4. The summed E-state index contributed by atoms with van der Waals surface area (Å²) in [5.41, 5.74) is 5.09. The number of aromatic nitrogens is 1. The predicted octanol–water partition coefficient (Wildman–Crippen LogP) is 2.43. The lowest BCUT2D eigenvalue weighted by Gasteiger charge is -2.22. The van der Waals surface area contributed by atoms with E-state index < -0.39 is 11.7 Å². The van der Waals surface area contributed by atoms with Crippen LogP contribution in [0.2, 0.25) is 0 Å². The summed E-state index contributed by atoms with van der Waals surface area (Å²) in [5, 5.41) is 3.45. The van der Waals surface area contributed by atoms with Gasteiger partial charge in [-0.25, -0.2) is 9.78 Å². The van der Waals surface area contributed by atoms with Gasteiger partial charge in [0.1, 0.15) is 10.6 Å². The third kappa shape index (κ3) is 5.01. The summed E-state index contributed by atoms with van der Waals surface area (Å²) in [7, 11) is 0. The van der Waals surface area contributed by atoms with Gasteiger partial charge in [0.2, 0.25) is 0 Å². The van der Waals surface area contributed by atoms with Crippen LogP contribution in [0.1, 0.15) is 31.8 Å². The van der Waals surface area contributed by atoms with Crippen molar-refractivity contribution < 1.29 is 9.53 Å². The molecule has 0 aromatic carbocycles. The van der Waals surface area contributed by atoms with Crippen LogP contribution in [0.25, 0.3) is 0 Å². The fourth-order valence-corrected chi connectivity index (χ4v) is 2.41. The summed E-state index contributed by atoms with van der Waals surface area (Å²) in [6, 6.07) is -0.318. The maximum absolute atomic E-state index is 11.6. The minimum absolute atomic E-state index is 0.277. The fourth-order valence-electron chi connectivity index (χ4n) is 1.10. The Hall–Kier alpha value is -0.660. The quantitative estimate of drug-likeness (QED) is 0.896. The number of ether oxygens (including phenoxy) is 1. The minimum Gasteiger partial charge on any atom is -0.444 e. The molecule has 1 aromatic heterocycles. The maximum atomic E-state index is 11.6. The summed E-state index contributed by atoms with van der Waals surface area (Å²) in [6.07, 6.45) is 1.19. The van der Waals surface area contributed by atoms with E-state index in [1.54, 1.807) is 6.20 Å². The number of hydrogen-bond donors (Lipinski definition) is 2. The van der Waals surface area contributed by atoms with Gasteiger partial charge >= 0.3 is 6.09 Å². The number of amides is 1. The van der Waals surface area contributed by atoms with Gasteiger partial charge in [-0.05, 0) is 36.7 Å². The molecule has 0 fully saturated rings. The Kier molecular flexibility index (Phi) is 4.91. The molecule has 0 bridgehead atoms. The van der Waals surface area contributed by atoms with E-state index in [2.05, 4.69) is 26.2 Å². The van der Waals surface area contributed by atoms with E-state index in [1.165, 1.54) is 11.3 Å². The van der Waals surface area contributed by atoms with Crippen molar-refractivity contribution in [1.29, 1.82) is 0 Å². The second-order valence-corrected chi connectivity index (χ2v) is 6.88. The van der Waals surface area contributed by atoms with Gasteiger partial charge in [0.05, 0.1) is 16.0 Å². The Balaban J connectivity index is 2.62. The van der Waals surface area contributed by atoms with Crippen molar-refractivity contribution in [3.63, 3.8) is 0 Å². The summed E-state index contributed by atoms with van der Waals surface area (Å²) in [6.45, 7) is 5.71. The van der Waals surface area contributed by atoms with E-state index in [0.29, 0.717) is 0 Å². The first kappa shape index (κ1) is 14.4. The van der Waals surface area contributed by atoms with Crippen molar-refractivity contribution >= 4 is 33.4 Å². The van der Waals surface area contributed by atoms with Gasteiger partial charge < -0.3 is 15.8 Å². The zero-order valence-electron chi connectivity index (χ0n) is 9.99. The van der Waals surface area contributed by atoms with Crippen molar-refractivity contribution in [2.75, 3.05) is 6.54 Å². The second-order valence-electron chi connectivity index (χ2n) is 4.44. The van der Waals surface area contributed by atoms with E-state index >= 15 is 0 Å². The highest BCUT2D eigenvalue weighted by Gasteiger charge is 2.21. The molecule has 17 heavy (non-hydrogen) atoms. The van der Waals surface area contributed by atoms with Crippen LogP contribution in [-0.2, 0) is 4.74 Å². The normalized spacial score (nSPS) is 13.2. The van der Waals surface area contributed by atoms with Crippen LogP contribution in [-0.4, -0.2) is 23.2 Å². The number of halogens is 1. The highest BCUT2D eigenvalue weighted by Crippen LogP contribution is 2.24. The molecule has 1 aromatic rings. The Bertz CT molecular complexity index is 389. The minimum atomic E-state index is -0.521. The Morgan fingerprint density at radius 2 is 2.35 bits per heavy atom. The van der Waals surface area contributed by atoms with Crippen LogP contribution in [0.3, 0.4) is 0 Å². The molecular weight excluding hydrogens is 306 g/mol. The molecule has 7 heteroatoms. The smallest absolute Gasteiger partial charge is 0.408 e. The zero-order chi connectivity index (χ0) is 13.1.